The normalized spacial score (nSPS) is 54.1. The molecule has 0 aliphatic heterocycles. The molecule has 142 valence electrons. The predicted octanol–water partition coefficient (Wildman–Crippen LogP) is 5.95. The van der Waals surface area contributed by atoms with Crippen molar-refractivity contribution >= 4 is 5.78 Å². The Morgan fingerprint density at radius 3 is 2.81 bits per heavy atom. The van der Waals surface area contributed by atoms with E-state index in [1.54, 1.807) is 0 Å². The molecule has 0 heterocycles. The van der Waals surface area contributed by atoms with Gasteiger partial charge in [0.25, 0.3) is 0 Å². The summed E-state index contributed by atoms with van der Waals surface area (Å²) in [5.74, 6) is 3.90. The molecule has 5 aliphatic rings. The molecular weight excluding hydrogens is 318 g/mol. The maximum Gasteiger partial charge on any atom is 0.155 e. The van der Waals surface area contributed by atoms with E-state index in [1.807, 2.05) is 12.2 Å². The zero-order valence-corrected chi connectivity index (χ0v) is 16.3. The van der Waals surface area contributed by atoms with Gasteiger partial charge in [-0.2, -0.15) is 5.26 Å². The van der Waals surface area contributed by atoms with Crippen molar-refractivity contribution in [1.29, 1.82) is 5.26 Å². The van der Waals surface area contributed by atoms with Crippen LogP contribution in [0.3, 0.4) is 0 Å². The van der Waals surface area contributed by atoms with Gasteiger partial charge in [-0.1, -0.05) is 25.5 Å². The van der Waals surface area contributed by atoms with Crippen LogP contribution in [0.5, 0.6) is 0 Å². The molecule has 0 aromatic carbocycles. The highest BCUT2D eigenvalue weighted by molar-refractivity contribution is 5.91. The smallest absolute Gasteiger partial charge is 0.155 e. The molecule has 0 radical (unpaired) electrons. The molecule has 4 saturated carbocycles. The molecule has 0 aromatic rings. The molecule has 2 heteroatoms. The second kappa shape index (κ2) is 5.12. The van der Waals surface area contributed by atoms with Crippen molar-refractivity contribution in [1.82, 2.24) is 0 Å². The summed E-state index contributed by atoms with van der Waals surface area (Å²) in [6.45, 7) is 8.90. The molecule has 8 atom stereocenters. The lowest BCUT2D eigenvalue weighted by molar-refractivity contribution is -0.118. The molecule has 0 N–H and O–H groups in total. The van der Waals surface area contributed by atoms with Crippen LogP contribution in [-0.4, -0.2) is 5.78 Å². The van der Waals surface area contributed by atoms with Crippen LogP contribution in [0.4, 0.5) is 0 Å². The molecule has 5 aliphatic carbocycles. The number of nitriles is 1. The molecule has 26 heavy (non-hydrogen) atoms. The van der Waals surface area contributed by atoms with Gasteiger partial charge < -0.3 is 0 Å². The van der Waals surface area contributed by atoms with Crippen molar-refractivity contribution < 1.29 is 7.65 Å². The zero-order valence-electron chi connectivity index (χ0n) is 16.3. The molecule has 2 nitrogen and oxygen atoms in total. The lowest BCUT2D eigenvalue weighted by atomic mass is 9.44. The molecule has 0 saturated heterocycles. The van der Waals surface area contributed by atoms with Crippen LogP contribution in [0.2, 0.25) is 0 Å². The van der Waals surface area contributed by atoms with E-state index in [4.69, 9.17) is 0 Å². The van der Waals surface area contributed by atoms with Crippen molar-refractivity contribution in [3.05, 3.63) is 24.3 Å². The molecule has 4 fully saturated rings. The number of hydrogen-bond acceptors (Lipinski definition) is 2. The summed E-state index contributed by atoms with van der Waals surface area (Å²) in [5, 5.41) is 10.3. The Kier molecular flexibility index (Phi) is 3.31. The third kappa shape index (κ3) is 1.76. The van der Waals surface area contributed by atoms with Crippen molar-refractivity contribution in [2.75, 3.05) is 0 Å². The Bertz CT molecular complexity index is 769. The Morgan fingerprint density at radius 1 is 1.27 bits per heavy atom. The van der Waals surface area contributed by atoms with Crippen molar-refractivity contribution in [2.45, 2.75) is 65.2 Å². The van der Waals surface area contributed by atoms with Gasteiger partial charge in [0.15, 0.2) is 5.78 Å². The van der Waals surface area contributed by atoms with E-state index >= 15 is 0 Å². The van der Waals surface area contributed by atoms with Gasteiger partial charge in [-0.25, -0.2) is 0 Å². The van der Waals surface area contributed by atoms with Gasteiger partial charge in [0, 0.05) is 9.27 Å². The van der Waals surface area contributed by atoms with Gasteiger partial charge in [-0.15, -0.1) is 6.58 Å². The first-order chi connectivity index (χ1) is 12.4. The Labute approximate surface area is 160 Å². The summed E-state index contributed by atoms with van der Waals surface area (Å²) in [5.41, 5.74) is 1.67. The topological polar surface area (TPSA) is 40.9 Å². The van der Waals surface area contributed by atoms with Crippen molar-refractivity contribution in [2.24, 2.45) is 45.8 Å². The first-order valence-electron chi connectivity index (χ1n) is 10.7. The Hall–Kier alpha value is -1.36. The first-order valence-corrected chi connectivity index (χ1v) is 10.7. The third-order valence-electron chi connectivity index (χ3n) is 9.83. The third-order valence-corrected chi connectivity index (χ3v) is 9.83. The van der Waals surface area contributed by atoms with Crippen LogP contribution in [-0.2, 0) is 4.79 Å². The minimum absolute atomic E-state index is 0. The standard InChI is InChI=1S/C24H31NO.2H2/c1-4-9-24(14-25)20-13-18(20)21-17-6-5-15-12-16(26)7-10-22(15,2)19(17)8-11-23(21,24)3;;/h4,12,17-21H,1,5-11,13H2,2-3H3;2*1H/t17-,18?,19+,20?,21-,22?,23+,24+;;/m1../s1. The van der Waals surface area contributed by atoms with Crippen molar-refractivity contribution in [3.63, 3.8) is 0 Å². The molecule has 0 amide bonds. The highest BCUT2D eigenvalue weighted by Gasteiger charge is 2.76. The number of fused-ring (bicyclic) bond motifs is 7. The van der Waals surface area contributed by atoms with E-state index < -0.39 is 0 Å². The van der Waals surface area contributed by atoms with Crippen LogP contribution >= 0.6 is 0 Å². The van der Waals surface area contributed by atoms with E-state index in [0.717, 1.165) is 37.5 Å². The molecule has 3 unspecified atom stereocenters. The minimum Gasteiger partial charge on any atom is -0.295 e. The van der Waals surface area contributed by atoms with Gasteiger partial charge in [0.1, 0.15) is 0 Å². The number of allylic oxidation sites excluding steroid dienone is 2. The maximum absolute atomic E-state index is 12.0. The van der Waals surface area contributed by atoms with Crippen molar-refractivity contribution in [3.8, 4) is 6.07 Å². The molecule has 5 rings (SSSR count). The summed E-state index contributed by atoms with van der Waals surface area (Å²) >= 11 is 0. The zero-order chi connectivity index (χ0) is 18.3. The molecule has 0 aromatic heterocycles. The average molecular weight is 354 g/mol. The summed E-state index contributed by atoms with van der Waals surface area (Å²) < 4.78 is 0. The second-order valence-electron chi connectivity index (χ2n) is 10.4. The predicted molar refractivity (Wildman–Crippen MR) is 106 cm³/mol. The molecule has 0 bridgehead atoms. The number of carbonyl (C=O) groups is 1. The maximum atomic E-state index is 12.0. The number of nitrogens with zero attached hydrogens (tertiary/aromatic N) is 1. The highest BCUT2D eigenvalue weighted by Crippen LogP contribution is 2.80. The SMILES string of the molecule is C=CC[C@]1(C#N)C2CC2[C@H]2[C@@H]3CCC4=CC(=O)CCC4(C)[C@H]3CC[C@@]21C.[HH].[HH]. The van der Waals surface area contributed by atoms with E-state index in [-0.39, 0.29) is 19.1 Å². The summed E-state index contributed by atoms with van der Waals surface area (Å²) in [7, 11) is 0. The second-order valence-corrected chi connectivity index (χ2v) is 10.4. The van der Waals surface area contributed by atoms with Crippen LogP contribution in [0.15, 0.2) is 24.3 Å². The van der Waals surface area contributed by atoms with E-state index in [9.17, 15) is 10.1 Å². The van der Waals surface area contributed by atoms with E-state index in [2.05, 4.69) is 26.5 Å². The Balaban J connectivity index is 0.00000112. The number of rotatable bonds is 2. The Morgan fingerprint density at radius 2 is 2.08 bits per heavy atom. The van der Waals surface area contributed by atoms with Gasteiger partial charge in [0.05, 0.1) is 11.5 Å². The monoisotopic (exact) mass is 353 g/mol. The number of ketones is 1. The van der Waals surface area contributed by atoms with Gasteiger partial charge in [-0.05, 0) is 91.4 Å². The summed E-state index contributed by atoms with van der Waals surface area (Å²) in [4.78, 5) is 12.0. The largest absolute Gasteiger partial charge is 0.295 e. The quantitative estimate of drug-likeness (QED) is 0.575. The summed E-state index contributed by atoms with van der Waals surface area (Å²) in [6, 6.07) is 2.85. The van der Waals surface area contributed by atoms with Crippen LogP contribution < -0.4 is 0 Å². The van der Waals surface area contributed by atoms with E-state index in [1.165, 1.54) is 31.3 Å². The van der Waals surface area contributed by atoms with Crippen LogP contribution in [0.1, 0.15) is 68.1 Å². The van der Waals surface area contributed by atoms with Gasteiger partial charge >= 0.3 is 0 Å². The van der Waals surface area contributed by atoms with E-state index in [0.29, 0.717) is 23.5 Å². The first kappa shape index (κ1) is 16.8. The fourth-order valence-corrected chi connectivity index (χ4v) is 8.59. The van der Waals surface area contributed by atoms with Crippen LogP contribution in [0.25, 0.3) is 0 Å². The fourth-order valence-electron chi connectivity index (χ4n) is 8.59. The lowest BCUT2D eigenvalue weighted by Gasteiger charge is -2.60. The molecule has 0 spiro atoms. The number of carbonyl (C=O) groups excluding carboxylic acids is 1. The fraction of sp³-hybridized carbons (Fsp3) is 0.750. The highest BCUT2D eigenvalue weighted by atomic mass is 16.1. The minimum atomic E-state index is -0.172. The summed E-state index contributed by atoms with van der Waals surface area (Å²) in [6.07, 6.45) is 12.7. The lowest BCUT2D eigenvalue weighted by Crippen LogP contribution is -2.54. The van der Waals surface area contributed by atoms with Crippen LogP contribution in [0, 0.1) is 57.2 Å². The number of hydrogen-bond donors (Lipinski definition) is 0. The average Bonchev–Trinajstić information content (AvgIpc) is 3.36. The van der Waals surface area contributed by atoms with Gasteiger partial charge in [-0.3, -0.25) is 4.79 Å². The molecular formula is C24H35NO. The van der Waals surface area contributed by atoms with Gasteiger partial charge in [0.2, 0.25) is 0 Å².